The number of amides is 2. The van der Waals surface area contributed by atoms with E-state index >= 15 is 0 Å². The Morgan fingerprint density at radius 3 is 2.34 bits per heavy atom. The van der Waals surface area contributed by atoms with Crippen LogP contribution < -0.4 is 14.8 Å². The molecule has 0 bridgehead atoms. The number of benzene rings is 3. The Kier molecular flexibility index (Phi) is 9.99. The van der Waals surface area contributed by atoms with Gasteiger partial charge in [0.2, 0.25) is 5.91 Å². The van der Waals surface area contributed by atoms with Crippen LogP contribution in [-0.4, -0.2) is 43.0 Å². The van der Waals surface area contributed by atoms with Gasteiger partial charge in [-0.25, -0.2) is 0 Å². The van der Waals surface area contributed by atoms with E-state index in [2.05, 4.69) is 5.32 Å². The third-order valence-electron chi connectivity index (χ3n) is 5.48. The van der Waals surface area contributed by atoms with E-state index in [1.807, 2.05) is 61.5 Å². The maximum absolute atomic E-state index is 13.5. The van der Waals surface area contributed by atoms with Gasteiger partial charge < -0.3 is 19.7 Å². The van der Waals surface area contributed by atoms with Gasteiger partial charge in [0.05, 0.1) is 7.11 Å². The van der Waals surface area contributed by atoms with Gasteiger partial charge in [-0.05, 0) is 53.9 Å². The first-order valence-electron chi connectivity index (χ1n) is 11.6. The molecule has 0 aliphatic heterocycles. The Hall–Kier alpha value is -3.51. The highest BCUT2D eigenvalue weighted by Crippen LogP contribution is 2.20. The normalized spacial score (nSPS) is 11.4. The number of nitrogens with zero attached hydrogens (tertiary/aromatic N) is 1. The molecule has 0 aliphatic rings. The summed E-state index contributed by atoms with van der Waals surface area (Å²) in [6.45, 7) is 2.55. The minimum absolute atomic E-state index is 0.196. The van der Waals surface area contributed by atoms with Crippen molar-refractivity contribution in [1.29, 1.82) is 0 Å². The maximum atomic E-state index is 13.5. The zero-order chi connectivity index (χ0) is 25.0. The van der Waals surface area contributed by atoms with Crippen molar-refractivity contribution in [2.45, 2.75) is 32.4 Å². The summed E-state index contributed by atoms with van der Waals surface area (Å²) in [7, 11) is 1.60. The molecule has 0 fully saturated rings. The first-order chi connectivity index (χ1) is 17.0. The Morgan fingerprint density at radius 2 is 1.66 bits per heavy atom. The number of methoxy groups -OCH3 is 1. The van der Waals surface area contributed by atoms with Gasteiger partial charge in [-0.15, -0.1) is 0 Å². The van der Waals surface area contributed by atoms with Gasteiger partial charge in [-0.1, -0.05) is 61.0 Å². The lowest BCUT2D eigenvalue weighted by atomic mass is 10.0. The van der Waals surface area contributed by atoms with E-state index in [-0.39, 0.29) is 25.0 Å². The van der Waals surface area contributed by atoms with Crippen LogP contribution in [0.15, 0.2) is 78.9 Å². The highest BCUT2D eigenvalue weighted by molar-refractivity contribution is 6.30. The Bertz CT molecular complexity index is 1090. The minimum atomic E-state index is -0.712. The molecule has 0 aliphatic carbocycles. The summed E-state index contributed by atoms with van der Waals surface area (Å²) in [4.78, 5) is 28.4. The molecule has 35 heavy (non-hydrogen) atoms. The summed E-state index contributed by atoms with van der Waals surface area (Å²) in [5.41, 5.74) is 1.82. The van der Waals surface area contributed by atoms with Crippen molar-refractivity contribution in [3.8, 4) is 11.5 Å². The van der Waals surface area contributed by atoms with E-state index in [9.17, 15) is 9.59 Å². The summed E-state index contributed by atoms with van der Waals surface area (Å²) in [5.74, 6) is 0.718. The molecule has 184 valence electrons. The van der Waals surface area contributed by atoms with Crippen molar-refractivity contribution >= 4 is 23.4 Å². The quantitative estimate of drug-likeness (QED) is 0.389. The number of nitrogens with one attached hydrogen (secondary N) is 1. The van der Waals surface area contributed by atoms with Crippen molar-refractivity contribution < 1.29 is 19.1 Å². The van der Waals surface area contributed by atoms with E-state index in [0.29, 0.717) is 29.5 Å². The molecule has 1 N–H and O–H groups in total. The van der Waals surface area contributed by atoms with Crippen molar-refractivity contribution in [2.24, 2.45) is 0 Å². The Morgan fingerprint density at radius 1 is 0.943 bits per heavy atom. The van der Waals surface area contributed by atoms with Gasteiger partial charge in [-0.2, -0.15) is 0 Å². The van der Waals surface area contributed by atoms with Crippen molar-refractivity contribution in [3.05, 3.63) is 95.0 Å². The van der Waals surface area contributed by atoms with Gasteiger partial charge in [-0.3, -0.25) is 9.59 Å². The molecule has 0 radical (unpaired) electrons. The Labute approximate surface area is 211 Å². The lowest BCUT2D eigenvalue weighted by molar-refractivity contribution is -0.142. The van der Waals surface area contributed by atoms with E-state index in [1.54, 1.807) is 36.3 Å². The molecule has 0 unspecified atom stereocenters. The van der Waals surface area contributed by atoms with Crippen LogP contribution in [0, 0.1) is 0 Å². The average molecular weight is 495 g/mol. The minimum Gasteiger partial charge on any atom is -0.497 e. The number of ether oxygens (including phenoxy) is 2. The fraction of sp³-hybridized carbons (Fsp3) is 0.286. The molecular weight excluding hydrogens is 464 g/mol. The number of rotatable bonds is 12. The number of halogens is 1. The third kappa shape index (κ3) is 8.04. The first kappa shape index (κ1) is 26.1. The second kappa shape index (κ2) is 13.4. The van der Waals surface area contributed by atoms with Crippen LogP contribution in [0.2, 0.25) is 5.02 Å². The topological polar surface area (TPSA) is 67.9 Å². The molecule has 2 amide bonds. The fourth-order valence-corrected chi connectivity index (χ4v) is 3.77. The number of carbonyl (C=O) groups is 2. The van der Waals surface area contributed by atoms with Crippen LogP contribution in [0.5, 0.6) is 11.5 Å². The molecule has 0 spiro atoms. The standard InChI is InChI=1S/C28H31ClN2O4/c1-3-16-30-28(33)26(18-21-8-5-4-6-9-21)31(19-22-10-7-11-25(17-22)34-2)27(32)20-35-24-14-12-23(29)13-15-24/h4-15,17,26H,3,16,18-20H2,1-2H3,(H,30,33)/t26-/m0/s1. The summed E-state index contributed by atoms with van der Waals surface area (Å²) in [5, 5.41) is 3.55. The largest absolute Gasteiger partial charge is 0.497 e. The molecule has 0 heterocycles. The predicted molar refractivity (Wildman–Crippen MR) is 138 cm³/mol. The molecule has 3 aromatic carbocycles. The summed E-state index contributed by atoms with van der Waals surface area (Å²) in [6, 6.07) is 23.3. The summed E-state index contributed by atoms with van der Waals surface area (Å²) < 4.78 is 11.1. The molecule has 0 saturated carbocycles. The van der Waals surface area contributed by atoms with Gasteiger partial charge in [0.1, 0.15) is 17.5 Å². The zero-order valence-electron chi connectivity index (χ0n) is 20.1. The lowest BCUT2D eigenvalue weighted by Crippen LogP contribution is -2.51. The second-order valence-electron chi connectivity index (χ2n) is 8.11. The lowest BCUT2D eigenvalue weighted by Gasteiger charge is -2.31. The maximum Gasteiger partial charge on any atom is 0.261 e. The highest BCUT2D eigenvalue weighted by Gasteiger charge is 2.30. The van der Waals surface area contributed by atoms with Crippen LogP contribution in [0.4, 0.5) is 0 Å². The van der Waals surface area contributed by atoms with Crippen LogP contribution in [0.1, 0.15) is 24.5 Å². The molecule has 1 atom stereocenters. The van der Waals surface area contributed by atoms with Gasteiger partial charge >= 0.3 is 0 Å². The van der Waals surface area contributed by atoms with E-state index in [4.69, 9.17) is 21.1 Å². The number of carbonyl (C=O) groups excluding carboxylic acids is 2. The van der Waals surface area contributed by atoms with Crippen LogP contribution in [0.25, 0.3) is 0 Å². The van der Waals surface area contributed by atoms with Crippen molar-refractivity contribution in [3.63, 3.8) is 0 Å². The van der Waals surface area contributed by atoms with Gasteiger partial charge in [0.15, 0.2) is 6.61 Å². The van der Waals surface area contributed by atoms with E-state index in [1.165, 1.54) is 0 Å². The molecule has 0 aromatic heterocycles. The van der Waals surface area contributed by atoms with Gasteiger partial charge in [0, 0.05) is 24.5 Å². The molecule has 7 heteroatoms. The van der Waals surface area contributed by atoms with Crippen molar-refractivity contribution in [1.82, 2.24) is 10.2 Å². The van der Waals surface area contributed by atoms with E-state index in [0.717, 1.165) is 17.5 Å². The van der Waals surface area contributed by atoms with E-state index < -0.39 is 6.04 Å². The van der Waals surface area contributed by atoms with Crippen LogP contribution in [-0.2, 0) is 22.6 Å². The number of hydrogen-bond acceptors (Lipinski definition) is 4. The van der Waals surface area contributed by atoms with Crippen LogP contribution >= 0.6 is 11.6 Å². The zero-order valence-corrected chi connectivity index (χ0v) is 20.8. The average Bonchev–Trinajstić information content (AvgIpc) is 2.89. The molecule has 0 saturated heterocycles. The Balaban J connectivity index is 1.89. The van der Waals surface area contributed by atoms with Crippen molar-refractivity contribution in [2.75, 3.05) is 20.3 Å². The second-order valence-corrected chi connectivity index (χ2v) is 8.55. The summed E-state index contributed by atoms with van der Waals surface area (Å²) in [6.07, 6.45) is 1.18. The van der Waals surface area contributed by atoms with Crippen LogP contribution in [0.3, 0.4) is 0 Å². The fourth-order valence-electron chi connectivity index (χ4n) is 3.65. The first-order valence-corrected chi connectivity index (χ1v) is 12.0. The monoisotopic (exact) mass is 494 g/mol. The molecule has 3 rings (SSSR count). The highest BCUT2D eigenvalue weighted by atomic mass is 35.5. The summed E-state index contributed by atoms with van der Waals surface area (Å²) >= 11 is 5.95. The molecule has 6 nitrogen and oxygen atoms in total. The predicted octanol–water partition coefficient (Wildman–Crippen LogP) is 4.89. The SMILES string of the molecule is CCCNC(=O)[C@H](Cc1ccccc1)N(Cc1cccc(OC)c1)C(=O)COc1ccc(Cl)cc1. The third-order valence-corrected chi connectivity index (χ3v) is 5.74. The molecule has 3 aromatic rings. The molecular formula is C28H31ClN2O4. The smallest absolute Gasteiger partial charge is 0.261 e. The number of hydrogen-bond donors (Lipinski definition) is 1. The van der Waals surface area contributed by atoms with Gasteiger partial charge in [0.25, 0.3) is 5.91 Å².